The maximum absolute atomic E-state index is 13.8. The Morgan fingerprint density at radius 1 is 1.14 bits per heavy atom. The Hall–Kier alpha value is -3.60. The second-order valence-electron chi connectivity index (χ2n) is 12.1. The van der Waals surface area contributed by atoms with Gasteiger partial charge >= 0.3 is 0 Å². The van der Waals surface area contributed by atoms with Gasteiger partial charge in [0.1, 0.15) is 12.1 Å². The quantitative estimate of drug-likeness (QED) is 0.261. The predicted octanol–water partition coefficient (Wildman–Crippen LogP) is 2.94. The number of ketones is 1. The van der Waals surface area contributed by atoms with Crippen LogP contribution in [0.25, 0.3) is 0 Å². The van der Waals surface area contributed by atoms with E-state index in [1.54, 1.807) is 59.0 Å². The van der Waals surface area contributed by atoms with Gasteiger partial charge in [-0.3, -0.25) is 24.0 Å². The van der Waals surface area contributed by atoms with Crippen molar-refractivity contribution in [1.29, 1.82) is 0 Å². The molecule has 0 spiro atoms. The smallest absolute Gasteiger partial charge is 0.249 e. The largest absolute Gasteiger partial charge is 0.386 e. The Balaban J connectivity index is 2.47. The van der Waals surface area contributed by atoms with Crippen molar-refractivity contribution in [2.75, 3.05) is 20.1 Å². The van der Waals surface area contributed by atoms with Gasteiger partial charge < -0.3 is 31.9 Å². The molecular formula is C32H49ClN6O5. The van der Waals surface area contributed by atoms with Crippen molar-refractivity contribution in [2.45, 2.75) is 90.3 Å². The van der Waals surface area contributed by atoms with Crippen LogP contribution in [0.2, 0.25) is 5.02 Å². The Kier molecular flexibility index (Phi) is 14.2. The highest BCUT2D eigenvalue weighted by Gasteiger charge is 2.38. The van der Waals surface area contributed by atoms with Crippen molar-refractivity contribution in [3.63, 3.8) is 0 Å². The SMILES string of the molecule is C=C(N)NCCC[C@@H]1CC(=O)[C@](C)(NC(=O)C(C)C)CCCCN(C)C(=O)[C@@H](c2ccc(Cl)cc2)NC(=O)[C@H](CC)NC1=O. The molecule has 12 heteroatoms. The monoisotopic (exact) mass is 632 g/mol. The van der Waals surface area contributed by atoms with Crippen LogP contribution in [-0.2, 0) is 24.0 Å². The summed E-state index contributed by atoms with van der Waals surface area (Å²) in [7, 11) is 1.66. The number of nitrogens with two attached hydrogens (primary N) is 1. The van der Waals surface area contributed by atoms with E-state index in [0.717, 1.165) is 0 Å². The summed E-state index contributed by atoms with van der Waals surface area (Å²) in [5.74, 6) is -2.63. The fourth-order valence-electron chi connectivity index (χ4n) is 5.05. The first-order valence-corrected chi connectivity index (χ1v) is 15.7. The number of nitrogens with zero attached hydrogens (tertiary/aromatic N) is 1. The van der Waals surface area contributed by atoms with Crippen LogP contribution >= 0.6 is 11.6 Å². The number of Topliss-reactive ketones (excluding diaryl/α,β-unsaturated/α-hetero) is 1. The summed E-state index contributed by atoms with van der Waals surface area (Å²) in [6.45, 7) is 11.4. The molecule has 6 N–H and O–H groups in total. The molecule has 1 aromatic carbocycles. The van der Waals surface area contributed by atoms with Crippen molar-refractivity contribution in [3.05, 3.63) is 47.3 Å². The molecule has 0 aliphatic carbocycles. The highest BCUT2D eigenvalue weighted by atomic mass is 35.5. The first-order valence-electron chi connectivity index (χ1n) is 15.3. The molecule has 2 rings (SSSR count). The Labute approximate surface area is 266 Å². The second kappa shape index (κ2) is 17.0. The third-order valence-corrected chi connectivity index (χ3v) is 8.25. The van der Waals surface area contributed by atoms with E-state index in [9.17, 15) is 24.0 Å². The molecule has 1 aliphatic rings. The fraction of sp³-hybridized carbons (Fsp3) is 0.594. The molecule has 0 radical (unpaired) electrons. The standard InChI is InChI=1S/C32H49ClN6O5/c1-7-25-30(43)37-27(22-12-14-24(33)15-13-22)31(44)39(6)18-9-8-16-32(5,38-28(41)20(2)3)26(40)19-23(29(42)36-25)11-10-17-35-21(4)34/h12-15,20,23,25,27,35H,4,7-11,16-19,34H2,1-3,5-6H3,(H,36,42)(H,37,43)(H,38,41)/t23-,25+,27-,32-/m1/s1. The van der Waals surface area contributed by atoms with Gasteiger partial charge in [0.05, 0.1) is 11.4 Å². The minimum atomic E-state index is -1.21. The average molecular weight is 633 g/mol. The number of carbonyl (C=O) groups excluding carboxylic acids is 5. The van der Waals surface area contributed by atoms with Crippen LogP contribution in [0.1, 0.15) is 84.2 Å². The summed E-state index contributed by atoms with van der Waals surface area (Å²) in [6.07, 6.45) is 2.41. The van der Waals surface area contributed by atoms with Crippen LogP contribution < -0.4 is 27.0 Å². The average Bonchev–Trinajstić information content (AvgIpc) is 2.97. The van der Waals surface area contributed by atoms with E-state index < -0.39 is 35.4 Å². The van der Waals surface area contributed by atoms with E-state index in [2.05, 4.69) is 27.8 Å². The number of carbonyl (C=O) groups is 5. The zero-order valence-corrected chi connectivity index (χ0v) is 27.4. The van der Waals surface area contributed by atoms with Crippen LogP contribution in [0.3, 0.4) is 0 Å². The number of hydrogen-bond donors (Lipinski definition) is 5. The zero-order valence-electron chi connectivity index (χ0n) is 26.6. The van der Waals surface area contributed by atoms with Crippen LogP contribution in [0, 0.1) is 11.8 Å². The number of nitrogens with one attached hydrogen (secondary N) is 4. The molecule has 44 heavy (non-hydrogen) atoms. The van der Waals surface area contributed by atoms with Crippen molar-refractivity contribution in [2.24, 2.45) is 17.6 Å². The third kappa shape index (κ3) is 10.8. The van der Waals surface area contributed by atoms with Crippen LogP contribution in [-0.4, -0.2) is 66.0 Å². The van der Waals surface area contributed by atoms with E-state index >= 15 is 0 Å². The van der Waals surface area contributed by atoms with Crippen molar-refractivity contribution in [1.82, 2.24) is 26.2 Å². The molecular weight excluding hydrogens is 584 g/mol. The van der Waals surface area contributed by atoms with Crippen LogP contribution in [0.4, 0.5) is 0 Å². The van der Waals surface area contributed by atoms with Crippen molar-refractivity contribution in [3.8, 4) is 0 Å². The summed E-state index contributed by atoms with van der Waals surface area (Å²) < 4.78 is 0. The summed E-state index contributed by atoms with van der Waals surface area (Å²) in [6, 6.07) is 4.73. The number of halogens is 1. The third-order valence-electron chi connectivity index (χ3n) is 8.00. The minimum Gasteiger partial charge on any atom is -0.386 e. The van der Waals surface area contributed by atoms with E-state index in [1.165, 1.54) is 4.90 Å². The number of likely N-dealkylation sites (N-methyl/N-ethyl adjacent to an activating group) is 1. The molecule has 1 aliphatic heterocycles. The second-order valence-corrected chi connectivity index (χ2v) is 12.5. The molecule has 0 aromatic heterocycles. The topological polar surface area (TPSA) is 163 Å². The molecule has 4 amide bonds. The van der Waals surface area contributed by atoms with Gasteiger partial charge in [-0.1, -0.05) is 51.1 Å². The van der Waals surface area contributed by atoms with Gasteiger partial charge in [0.2, 0.25) is 23.6 Å². The minimum absolute atomic E-state index is 0.117. The van der Waals surface area contributed by atoms with Gasteiger partial charge in [0, 0.05) is 43.4 Å². The van der Waals surface area contributed by atoms with E-state index in [4.69, 9.17) is 17.3 Å². The van der Waals surface area contributed by atoms with Gasteiger partial charge in [0.15, 0.2) is 5.78 Å². The first-order chi connectivity index (χ1) is 20.7. The molecule has 0 saturated carbocycles. The lowest BCUT2D eigenvalue weighted by Crippen LogP contribution is -2.55. The van der Waals surface area contributed by atoms with E-state index in [0.29, 0.717) is 61.6 Å². The molecule has 1 fully saturated rings. The predicted molar refractivity (Wildman–Crippen MR) is 171 cm³/mol. The molecule has 0 unspecified atom stereocenters. The lowest BCUT2D eigenvalue weighted by atomic mass is 9.83. The first kappa shape index (κ1) is 36.6. The fourth-order valence-corrected chi connectivity index (χ4v) is 5.17. The number of hydrogen-bond acceptors (Lipinski definition) is 7. The molecule has 4 atom stereocenters. The summed E-state index contributed by atoms with van der Waals surface area (Å²) in [4.78, 5) is 69.0. The van der Waals surface area contributed by atoms with E-state index in [1.807, 2.05) is 0 Å². The van der Waals surface area contributed by atoms with Crippen molar-refractivity contribution >= 4 is 41.0 Å². The number of amides is 4. The van der Waals surface area contributed by atoms with Crippen LogP contribution in [0.5, 0.6) is 0 Å². The maximum atomic E-state index is 13.8. The Morgan fingerprint density at radius 3 is 2.39 bits per heavy atom. The zero-order chi connectivity index (χ0) is 33.0. The number of benzene rings is 1. The maximum Gasteiger partial charge on any atom is 0.249 e. The normalized spacial score (nSPS) is 24.4. The van der Waals surface area contributed by atoms with Gasteiger partial charge in [-0.05, 0) is 63.1 Å². The van der Waals surface area contributed by atoms with Gasteiger partial charge in [-0.2, -0.15) is 0 Å². The molecule has 1 aromatic rings. The summed E-state index contributed by atoms with van der Waals surface area (Å²) in [5.41, 5.74) is 4.95. The Morgan fingerprint density at radius 2 is 1.80 bits per heavy atom. The summed E-state index contributed by atoms with van der Waals surface area (Å²) in [5, 5.41) is 12.0. The highest BCUT2D eigenvalue weighted by Crippen LogP contribution is 2.25. The molecule has 1 saturated heterocycles. The van der Waals surface area contributed by atoms with Crippen LogP contribution in [0.15, 0.2) is 36.7 Å². The van der Waals surface area contributed by atoms with E-state index in [-0.39, 0.29) is 36.4 Å². The highest BCUT2D eigenvalue weighted by molar-refractivity contribution is 6.30. The van der Waals surface area contributed by atoms with Gasteiger partial charge in [0.25, 0.3) is 0 Å². The molecule has 0 bridgehead atoms. The molecule has 1 heterocycles. The molecule has 11 nitrogen and oxygen atoms in total. The lowest BCUT2D eigenvalue weighted by Gasteiger charge is -2.33. The Bertz CT molecular complexity index is 1190. The van der Waals surface area contributed by atoms with Gasteiger partial charge in [-0.15, -0.1) is 0 Å². The van der Waals surface area contributed by atoms with Crippen molar-refractivity contribution < 1.29 is 24.0 Å². The molecule has 244 valence electrons. The summed E-state index contributed by atoms with van der Waals surface area (Å²) >= 11 is 6.08. The lowest BCUT2D eigenvalue weighted by molar-refractivity contribution is -0.138. The van der Waals surface area contributed by atoms with Gasteiger partial charge in [-0.25, -0.2) is 0 Å². The number of rotatable bonds is 9.